The lowest BCUT2D eigenvalue weighted by molar-refractivity contribution is -0.386. The fourth-order valence-corrected chi connectivity index (χ4v) is 3.83. The first-order valence-electron chi connectivity index (χ1n) is 8.47. The first-order valence-corrected chi connectivity index (χ1v) is 9.96. The minimum Gasteiger partial charge on any atom is -0.484 e. The van der Waals surface area contributed by atoms with Crippen LogP contribution in [0.1, 0.15) is 26.3 Å². The van der Waals surface area contributed by atoms with E-state index < -0.39 is 14.8 Å². The molecule has 0 radical (unpaired) electrons. The van der Waals surface area contributed by atoms with Gasteiger partial charge in [-0.05, 0) is 35.2 Å². The van der Waals surface area contributed by atoms with Crippen molar-refractivity contribution in [3.63, 3.8) is 0 Å². The van der Waals surface area contributed by atoms with Gasteiger partial charge in [-0.3, -0.25) is 10.1 Å². The summed E-state index contributed by atoms with van der Waals surface area (Å²) in [5, 5.41) is 11.4. The SMILES string of the molecule is CC(C)(C)c1ccc(S(=O)(=O)c2ccc(OCC3CO3)c([N+](=O)[O-])c2)cc1. The number of hydrogen-bond acceptors (Lipinski definition) is 6. The van der Waals surface area contributed by atoms with Crippen LogP contribution in [-0.4, -0.2) is 32.7 Å². The molecule has 1 aliphatic heterocycles. The predicted octanol–water partition coefficient (Wildman–Crippen LogP) is 3.50. The van der Waals surface area contributed by atoms with Crippen LogP contribution in [0.4, 0.5) is 5.69 Å². The maximum atomic E-state index is 12.9. The summed E-state index contributed by atoms with van der Waals surface area (Å²) >= 11 is 0. The van der Waals surface area contributed by atoms with Crippen molar-refractivity contribution in [1.82, 2.24) is 0 Å². The first kappa shape index (κ1) is 19.3. The third-order valence-corrected chi connectivity index (χ3v) is 6.06. The zero-order chi connectivity index (χ0) is 19.8. The number of sulfone groups is 1. The number of epoxide rings is 1. The smallest absolute Gasteiger partial charge is 0.312 e. The quantitative estimate of drug-likeness (QED) is 0.424. The average molecular weight is 391 g/mol. The lowest BCUT2D eigenvalue weighted by Crippen LogP contribution is -2.11. The van der Waals surface area contributed by atoms with Gasteiger partial charge in [0.25, 0.3) is 0 Å². The molecular weight excluding hydrogens is 370 g/mol. The van der Waals surface area contributed by atoms with Crippen molar-refractivity contribution in [3.05, 3.63) is 58.1 Å². The highest BCUT2D eigenvalue weighted by molar-refractivity contribution is 7.91. The molecule has 27 heavy (non-hydrogen) atoms. The molecular formula is C19H21NO6S. The van der Waals surface area contributed by atoms with Crippen molar-refractivity contribution in [2.24, 2.45) is 0 Å². The van der Waals surface area contributed by atoms with E-state index in [-0.39, 0.29) is 39.4 Å². The lowest BCUT2D eigenvalue weighted by Gasteiger charge is -2.19. The van der Waals surface area contributed by atoms with Gasteiger partial charge < -0.3 is 9.47 Å². The number of rotatable bonds is 6. The maximum Gasteiger partial charge on any atom is 0.312 e. The van der Waals surface area contributed by atoms with Crippen LogP contribution in [0.5, 0.6) is 5.75 Å². The van der Waals surface area contributed by atoms with Gasteiger partial charge in [-0.15, -0.1) is 0 Å². The third kappa shape index (κ3) is 4.28. The van der Waals surface area contributed by atoms with E-state index in [4.69, 9.17) is 9.47 Å². The summed E-state index contributed by atoms with van der Waals surface area (Å²) in [7, 11) is -3.88. The van der Waals surface area contributed by atoms with Crippen LogP contribution in [0.15, 0.2) is 52.3 Å². The van der Waals surface area contributed by atoms with Crippen molar-refractivity contribution in [2.75, 3.05) is 13.2 Å². The molecule has 144 valence electrons. The molecule has 0 aliphatic carbocycles. The van der Waals surface area contributed by atoms with Gasteiger partial charge in [0, 0.05) is 6.07 Å². The van der Waals surface area contributed by atoms with Crippen molar-refractivity contribution < 1.29 is 22.8 Å². The maximum absolute atomic E-state index is 12.9. The number of benzene rings is 2. The molecule has 0 aromatic heterocycles. The Kier molecular flexibility index (Phi) is 4.96. The van der Waals surface area contributed by atoms with Gasteiger partial charge in [-0.1, -0.05) is 32.9 Å². The van der Waals surface area contributed by atoms with Crippen LogP contribution in [0, 0.1) is 10.1 Å². The number of nitro groups is 1. The fourth-order valence-electron chi connectivity index (χ4n) is 2.55. The zero-order valence-corrected chi connectivity index (χ0v) is 16.2. The van der Waals surface area contributed by atoms with Gasteiger partial charge in [0.2, 0.25) is 9.84 Å². The molecule has 0 bridgehead atoms. The third-order valence-electron chi connectivity index (χ3n) is 4.30. The van der Waals surface area contributed by atoms with Crippen molar-refractivity contribution >= 4 is 15.5 Å². The molecule has 7 nitrogen and oxygen atoms in total. The summed E-state index contributed by atoms with van der Waals surface area (Å²) in [6.07, 6.45) is -0.0608. The van der Waals surface area contributed by atoms with E-state index >= 15 is 0 Å². The number of nitrogens with zero attached hydrogens (tertiary/aromatic N) is 1. The normalized spacial score (nSPS) is 16.8. The minimum atomic E-state index is -3.88. The molecule has 3 rings (SSSR count). The van der Waals surface area contributed by atoms with Gasteiger partial charge in [0.15, 0.2) is 5.75 Å². The van der Waals surface area contributed by atoms with E-state index in [0.717, 1.165) is 11.6 Å². The number of nitro benzene ring substituents is 1. The van der Waals surface area contributed by atoms with Crippen LogP contribution in [0.3, 0.4) is 0 Å². The van der Waals surface area contributed by atoms with Crippen LogP contribution in [0.25, 0.3) is 0 Å². The number of hydrogen-bond donors (Lipinski definition) is 0. The average Bonchev–Trinajstić information content (AvgIpc) is 3.43. The van der Waals surface area contributed by atoms with Crippen LogP contribution >= 0.6 is 0 Å². The van der Waals surface area contributed by atoms with Crippen molar-refractivity contribution in [1.29, 1.82) is 0 Å². The van der Waals surface area contributed by atoms with Gasteiger partial charge in [-0.25, -0.2) is 8.42 Å². The molecule has 1 atom stereocenters. The Balaban J connectivity index is 1.93. The van der Waals surface area contributed by atoms with Crippen molar-refractivity contribution in [3.8, 4) is 5.75 Å². The van der Waals surface area contributed by atoms with E-state index in [9.17, 15) is 18.5 Å². The summed E-state index contributed by atoms with van der Waals surface area (Å²) in [6.45, 7) is 6.85. The predicted molar refractivity (Wildman–Crippen MR) is 98.9 cm³/mol. The van der Waals surface area contributed by atoms with E-state index in [2.05, 4.69) is 0 Å². The number of ether oxygens (including phenoxy) is 2. The minimum absolute atomic E-state index is 0.0255. The highest BCUT2D eigenvalue weighted by Crippen LogP contribution is 2.33. The molecule has 1 aliphatic rings. The second-order valence-corrected chi connectivity index (χ2v) is 9.38. The van der Waals surface area contributed by atoms with Gasteiger partial charge in [0.05, 0.1) is 21.3 Å². The monoisotopic (exact) mass is 391 g/mol. The Morgan fingerprint density at radius 1 is 1.15 bits per heavy atom. The van der Waals surface area contributed by atoms with E-state index in [1.54, 1.807) is 12.1 Å². The second kappa shape index (κ2) is 6.94. The van der Waals surface area contributed by atoms with Crippen molar-refractivity contribution in [2.45, 2.75) is 42.1 Å². The molecule has 0 spiro atoms. The summed E-state index contributed by atoms with van der Waals surface area (Å²) in [5.74, 6) is 0.0255. The van der Waals surface area contributed by atoms with Gasteiger partial charge >= 0.3 is 5.69 Å². The van der Waals surface area contributed by atoms with Gasteiger partial charge in [-0.2, -0.15) is 0 Å². The topological polar surface area (TPSA) is 99.0 Å². The Labute approximate surface area is 158 Å². The van der Waals surface area contributed by atoms with E-state index in [1.807, 2.05) is 20.8 Å². The van der Waals surface area contributed by atoms with Crippen LogP contribution < -0.4 is 4.74 Å². The molecule has 2 aromatic carbocycles. The van der Waals surface area contributed by atoms with E-state index in [0.29, 0.717) is 6.61 Å². The Hall–Kier alpha value is -2.45. The molecule has 1 saturated heterocycles. The molecule has 0 amide bonds. The van der Waals surface area contributed by atoms with Gasteiger partial charge in [0.1, 0.15) is 12.7 Å². The molecule has 1 heterocycles. The standard InChI is InChI=1S/C19H21NO6S/c1-19(2,3)13-4-6-15(7-5-13)27(23,24)16-8-9-18(17(10-16)20(21)22)26-12-14-11-25-14/h4-10,14H,11-12H2,1-3H3. The summed E-state index contributed by atoms with van der Waals surface area (Å²) in [5.41, 5.74) is 0.507. The van der Waals surface area contributed by atoms with Crippen LogP contribution in [0.2, 0.25) is 0 Å². The highest BCUT2D eigenvalue weighted by atomic mass is 32.2. The highest BCUT2D eigenvalue weighted by Gasteiger charge is 2.27. The molecule has 0 saturated carbocycles. The van der Waals surface area contributed by atoms with E-state index in [1.165, 1.54) is 24.3 Å². The summed E-state index contributed by atoms with van der Waals surface area (Å²) in [4.78, 5) is 10.6. The Morgan fingerprint density at radius 3 is 2.26 bits per heavy atom. The summed E-state index contributed by atoms with van der Waals surface area (Å²) < 4.78 is 36.1. The Morgan fingerprint density at radius 2 is 1.74 bits per heavy atom. The Bertz CT molecular complexity index is 957. The first-order chi connectivity index (χ1) is 12.6. The fraction of sp³-hybridized carbons (Fsp3) is 0.368. The molecule has 8 heteroatoms. The zero-order valence-electron chi connectivity index (χ0n) is 15.3. The lowest BCUT2D eigenvalue weighted by atomic mass is 9.87. The molecule has 1 unspecified atom stereocenters. The molecule has 1 fully saturated rings. The molecule has 2 aromatic rings. The van der Waals surface area contributed by atoms with Crippen LogP contribution in [-0.2, 0) is 20.0 Å². The largest absolute Gasteiger partial charge is 0.484 e. The molecule has 0 N–H and O–H groups in total. The second-order valence-electron chi connectivity index (χ2n) is 7.43. The summed E-state index contributed by atoms with van der Waals surface area (Å²) in [6, 6.07) is 10.2.